The number of cyclic esters (lactones) is 1. The van der Waals surface area contributed by atoms with Gasteiger partial charge < -0.3 is 45.7 Å². The van der Waals surface area contributed by atoms with E-state index in [-0.39, 0.29) is 42.5 Å². The molecule has 1 aromatic rings. The number of carbonyl (C=O) groups excluding carboxylic acids is 3. The van der Waals surface area contributed by atoms with Gasteiger partial charge in [0.2, 0.25) is 0 Å². The zero-order chi connectivity index (χ0) is 37.9. The number of piperazine rings is 3. The molecule has 1 saturated carbocycles. The molecule has 0 radical (unpaired) electrons. The molecule has 298 valence electrons. The molecule has 12 atom stereocenters. The van der Waals surface area contributed by atoms with Gasteiger partial charge in [-0.1, -0.05) is 62.4 Å². The average Bonchev–Trinajstić information content (AvgIpc) is 3.78. The average molecular weight is 779 g/mol. The van der Waals surface area contributed by atoms with Gasteiger partial charge >= 0.3 is 17.9 Å². The summed E-state index contributed by atoms with van der Waals surface area (Å²) in [6.07, 6.45) is 7.91. The van der Waals surface area contributed by atoms with Crippen molar-refractivity contribution in [1.29, 1.82) is 0 Å². The Morgan fingerprint density at radius 3 is 2.55 bits per heavy atom. The fourth-order valence-corrected chi connectivity index (χ4v) is 10.7. The number of hydrogen-bond donors (Lipinski definition) is 1. The number of aliphatic hydroxyl groups is 1. The number of fused-ring (bicyclic) bond motifs is 3. The third-order valence-corrected chi connectivity index (χ3v) is 13.8. The number of carbonyl (C=O) groups is 3. The first-order valence-electron chi connectivity index (χ1n) is 19.8. The fourth-order valence-electron chi connectivity index (χ4n) is 10.7. The standard InChI is InChI=1S/C43H55N2O9.ClH/c1-25-21-26(2)43-32(13-14-33-35(43)36(46)27(3)38(39(33)54-43)53-40(47)30-10-6-7-11-30)23-34(50-5)42(49)52-37(25)28(4)51-41(48)31-12-8-9-29(22-31)24-45-18-15-44(16-19-45)17-20-45;/h6-10,12-14,21-22,25,27-28,32-39,46H,11,15-20,23-24H2,1-5H3;1H/q+1;/p-1/b26-21+;/t25-,27-,28-,32?,33-,34+,35+,36-,37+,38-,39-,43+;/m1./s1. The van der Waals surface area contributed by atoms with Crippen molar-refractivity contribution >= 4 is 17.9 Å². The number of allylic oxidation sites excluding steroid dienone is 3. The van der Waals surface area contributed by atoms with E-state index in [2.05, 4.69) is 23.1 Å². The molecule has 0 aromatic heterocycles. The minimum Gasteiger partial charge on any atom is -1.00 e. The number of aliphatic hydroxyl groups excluding tert-OH is 1. The summed E-state index contributed by atoms with van der Waals surface area (Å²) < 4.78 is 32.4. The van der Waals surface area contributed by atoms with E-state index < -0.39 is 66.1 Å². The van der Waals surface area contributed by atoms with Crippen LogP contribution in [0.1, 0.15) is 56.5 Å². The molecule has 1 aromatic carbocycles. The summed E-state index contributed by atoms with van der Waals surface area (Å²) in [6, 6.07) is 7.72. The number of hydrogen-bond acceptors (Lipinski definition) is 10. The van der Waals surface area contributed by atoms with E-state index in [0.717, 1.165) is 61.4 Å². The lowest BCUT2D eigenvalue weighted by molar-refractivity contribution is -0.953. The van der Waals surface area contributed by atoms with Crippen LogP contribution in [0.5, 0.6) is 0 Å². The number of rotatable bonds is 8. The molecule has 55 heavy (non-hydrogen) atoms. The molecule has 5 fully saturated rings. The summed E-state index contributed by atoms with van der Waals surface area (Å²) in [4.78, 5) is 43.3. The van der Waals surface area contributed by atoms with E-state index in [1.807, 2.05) is 51.1 Å². The smallest absolute Gasteiger partial charge is 0.338 e. The van der Waals surface area contributed by atoms with Crippen molar-refractivity contribution in [3.8, 4) is 0 Å². The highest BCUT2D eigenvalue weighted by molar-refractivity contribution is 5.90. The molecule has 1 N–H and O–H groups in total. The highest BCUT2D eigenvalue weighted by Gasteiger charge is 2.69. The Hall–Kier alpha value is -3.32. The van der Waals surface area contributed by atoms with Crippen LogP contribution in [0.4, 0.5) is 0 Å². The van der Waals surface area contributed by atoms with E-state index in [9.17, 15) is 19.5 Å². The third kappa shape index (κ3) is 7.03. The summed E-state index contributed by atoms with van der Waals surface area (Å²) in [5.74, 6) is -3.07. The number of benzene rings is 1. The van der Waals surface area contributed by atoms with Crippen LogP contribution in [0.25, 0.3) is 0 Å². The Labute approximate surface area is 330 Å². The number of quaternary nitrogens is 1. The molecule has 12 heteroatoms. The topological polar surface area (TPSA) is 121 Å². The zero-order valence-electron chi connectivity index (χ0n) is 32.5. The molecule has 5 aliphatic heterocycles. The summed E-state index contributed by atoms with van der Waals surface area (Å²) in [5, 5.41) is 12.0. The first-order valence-corrected chi connectivity index (χ1v) is 19.8. The zero-order valence-corrected chi connectivity index (χ0v) is 33.2. The molecule has 4 saturated heterocycles. The summed E-state index contributed by atoms with van der Waals surface area (Å²) >= 11 is 0. The van der Waals surface area contributed by atoms with Gasteiger partial charge in [-0.25, -0.2) is 14.4 Å². The monoisotopic (exact) mass is 778 g/mol. The van der Waals surface area contributed by atoms with Crippen LogP contribution in [-0.2, 0) is 39.8 Å². The maximum absolute atomic E-state index is 13.9. The predicted octanol–water partition coefficient (Wildman–Crippen LogP) is 1.16. The fraction of sp³-hybridized carbons (Fsp3) is 0.605. The van der Waals surface area contributed by atoms with Gasteiger partial charge in [0.1, 0.15) is 36.6 Å². The molecular weight excluding hydrogens is 724 g/mol. The van der Waals surface area contributed by atoms with Crippen LogP contribution < -0.4 is 12.4 Å². The lowest BCUT2D eigenvalue weighted by Crippen LogP contribution is -3.00. The van der Waals surface area contributed by atoms with Crippen molar-refractivity contribution in [1.82, 2.24) is 4.90 Å². The highest BCUT2D eigenvalue weighted by Crippen LogP contribution is 2.61. The van der Waals surface area contributed by atoms with Crippen molar-refractivity contribution in [3.05, 3.63) is 83.0 Å². The van der Waals surface area contributed by atoms with Gasteiger partial charge in [-0.15, -0.1) is 0 Å². The number of nitrogens with zero attached hydrogens (tertiary/aromatic N) is 2. The SMILES string of the molecule is CO[C@H]1CC2C=C[C@H]3[C@H]4O[C@]2(/C(C)=C/[C@@H](C)[C@@H]([C@@H](C)OC(=O)c2cccc(C[N+]56CCN(CC5)CC6)c2)OC1=O)[C@@H]3[C@H](O)[C@@H](C)[C@H]4OC(=O)C1=CC=CC1.[Cl-]. The Kier molecular flexibility index (Phi) is 11.3. The van der Waals surface area contributed by atoms with Gasteiger partial charge in [0, 0.05) is 67.5 Å². The molecule has 1 spiro atoms. The number of halogens is 1. The molecular formula is C43H55ClN2O9. The second-order valence-electron chi connectivity index (χ2n) is 16.9. The number of esters is 3. The third-order valence-electron chi connectivity index (χ3n) is 13.8. The van der Waals surface area contributed by atoms with Gasteiger partial charge in [-0.05, 0) is 44.4 Å². The van der Waals surface area contributed by atoms with Crippen molar-refractivity contribution in [3.63, 3.8) is 0 Å². The van der Waals surface area contributed by atoms with Gasteiger partial charge in [0.15, 0.2) is 6.10 Å². The van der Waals surface area contributed by atoms with Gasteiger partial charge in [-0.3, -0.25) is 4.90 Å². The summed E-state index contributed by atoms with van der Waals surface area (Å²) in [6.45, 7) is 15.2. The number of ether oxygens (including phenoxy) is 5. The van der Waals surface area contributed by atoms with E-state index in [4.69, 9.17) is 23.7 Å². The lowest BCUT2D eigenvalue weighted by atomic mass is 9.57. The van der Waals surface area contributed by atoms with Gasteiger partial charge in [0.05, 0.1) is 31.3 Å². The maximum Gasteiger partial charge on any atom is 0.338 e. The van der Waals surface area contributed by atoms with Crippen LogP contribution in [0.15, 0.2) is 71.9 Å². The van der Waals surface area contributed by atoms with Crippen LogP contribution in [0.2, 0.25) is 0 Å². The molecule has 6 bridgehead atoms. The molecule has 9 rings (SSSR count). The summed E-state index contributed by atoms with van der Waals surface area (Å²) in [7, 11) is 1.49. The van der Waals surface area contributed by atoms with E-state index in [0.29, 0.717) is 17.6 Å². The van der Waals surface area contributed by atoms with E-state index >= 15 is 0 Å². The van der Waals surface area contributed by atoms with Gasteiger partial charge in [0.25, 0.3) is 0 Å². The minimum atomic E-state index is -0.992. The first-order chi connectivity index (χ1) is 25.9. The molecule has 8 aliphatic rings. The summed E-state index contributed by atoms with van der Waals surface area (Å²) in [5.41, 5.74) is 2.06. The Morgan fingerprint density at radius 1 is 1.11 bits per heavy atom. The van der Waals surface area contributed by atoms with Crippen LogP contribution in [0.3, 0.4) is 0 Å². The Bertz CT molecular complexity index is 1770. The quantitative estimate of drug-likeness (QED) is 0.178. The largest absolute Gasteiger partial charge is 1.00 e. The Morgan fingerprint density at radius 2 is 1.85 bits per heavy atom. The Balaban J connectivity index is 0.00000465. The van der Waals surface area contributed by atoms with Crippen LogP contribution in [-0.4, -0.2) is 121 Å². The molecule has 1 unspecified atom stereocenters. The minimum absolute atomic E-state index is 0. The van der Waals surface area contributed by atoms with Crippen molar-refractivity contribution in [2.45, 2.75) is 89.3 Å². The molecule has 11 nitrogen and oxygen atoms in total. The first kappa shape index (κ1) is 39.9. The predicted molar refractivity (Wildman–Crippen MR) is 199 cm³/mol. The van der Waals surface area contributed by atoms with Crippen molar-refractivity contribution in [2.75, 3.05) is 46.4 Å². The van der Waals surface area contributed by atoms with Crippen molar-refractivity contribution in [2.24, 2.45) is 29.6 Å². The molecule has 5 heterocycles. The molecule has 0 amide bonds. The highest BCUT2D eigenvalue weighted by atomic mass is 35.5. The van der Waals surface area contributed by atoms with Crippen LogP contribution >= 0.6 is 0 Å². The van der Waals surface area contributed by atoms with Crippen molar-refractivity contribution < 1.29 is 60.1 Å². The maximum atomic E-state index is 13.9. The second kappa shape index (κ2) is 15.6. The van der Waals surface area contributed by atoms with Gasteiger partial charge in [-0.2, -0.15) is 0 Å². The van der Waals surface area contributed by atoms with E-state index in [1.165, 1.54) is 7.11 Å². The lowest BCUT2D eigenvalue weighted by Gasteiger charge is -2.50. The number of methoxy groups -OCH3 is 1. The van der Waals surface area contributed by atoms with Crippen LogP contribution in [0, 0.1) is 29.6 Å². The molecule has 3 aliphatic carbocycles. The van der Waals surface area contributed by atoms with E-state index in [1.54, 1.807) is 19.1 Å². The second-order valence-corrected chi connectivity index (χ2v) is 16.9. The normalized spacial score (nSPS) is 41.5.